The zero-order valence-corrected chi connectivity index (χ0v) is 9.74. The number of ether oxygens (including phenoxy) is 2. The fourth-order valence-corrected chi connectivity index (χ4v) is 1.96. The van der Waals surface area contributed by atoms with Crippen LogP contribution in [0.5, 0.6) is 5.75 Å². The van der Waals surface area contributed by atoms with Crippen LogP contribution in [0.15, 0.2) is 24.8 Å². The standard InChI is InChI=1S/C14H18O2/c1-3-11-7-5-8-12(4-2)14(11)16-13-9-6-10-15-13/h3,5,7-8,13H,1,4,6,9-10H2,2H3. The van der Waals surface area contributed by atoms with Gasteiger partial charge in [-0.25, -0.2) is 0 Å². The van der Waals surface area contributed by atoms with Crippen molar-refractivity contribution in [1.29, 1.82) is 0 Å². The number of benzene rings is 1. The van der Waals surface area contributed by atoms with Crippen LogP contribution in [0.25, 0.3) is 6.08 Å². The molecule has 1 aliphatic rings. The van der Waals surface area contributed by atoms with Crippen molar-refractivity contribution in [1.82, 2.24) is 0 Å². The van der Waals surface area contributed by atoms with E-state index in [2.05, 4.69) is 19.6 Å². The van der Waals surface area contributed by atoms with Crippen molar-refractivity contribution in [3.05, 3.63) is 35.9 Å². The monoisotopic (exact) mass is 218 g/mol. The van der Waals surface area contributed by atoms with E-state index in [4.69, 9.17) is 9.47 Å². The summed E-state index contributed by atoms with van der Waals surface area (Å²) in [4.78, 5) is 0. The predicted molar refractivity (Wildman–Crippen MR) is 65.5 cm³/mol. The van der Waals surface area contributed by atoms with E-state index in [0.29, 0.717) is 0 Å². The fourth-order valence-electron chi connectivity index (χ4n) is 1.96. The lowest BCUT2D eigenvalue weighted by Crippen LogP contribution is -2.15. The van der Waals surface area contributed by atoms with Crippen LogP contribution < -0.4 is 4.74 Å². The lowest BCUT2D eigenvalue weighted by Gasteiger charge is -2.17. The van der Waals surface area contributed by atoms with Gasteiger partial charge in [-0.2, -0.15) is 0 Å². The topological polar surface area (TPSA) is 18.5 Å². The van der Waals surface area contributed by atoms with Crippen LogP contribution in [0, 0.1) is 0 Å². The van der Waals surface area contributed by atoms with Crippen molar-refractivity contribution in [3.63, 3.8) is 0 Å². The van der Waals surface area contributed by atoms with E-state index < -0.39 is 0 Å². The van der Waals surface area contributed by atoms with Gasteiger partial charge in [-0.05, 0) is 18.4 Å². The summed E-state index contributed by atoms with van der Waals surface area (Å²) in [7, 11) is 0. The maximum atomic E-state index is 5.93. The van der Waals surface area contributed by atoms with Crippen LogP contribution in [0.3, 0.4) is 0 Å². The Labute approximate surface area is 96.9 Å². The molecule has 0 bridgehead atoms. The summed E-state index contributed by atoms with van der Waals surface area (Å²) in [5.74, 6) is 0.937. The first-order valence-electron chi connectivity index (χ1n) is 5.87. The fraction of sp³-hybridized carbons (Fsp3) is 0.429. The molecule has 1 fully saturated rings. The van der Waals surface area contributed by atoms with Crippen LogP contribution in [0.1, 0.15) is 30.9 Å². The molecule has 0 aromatic heterocycles. The quantitative estimate of drug-likeness (QED) is 0.771. The average molecular weight is 218 g/mol. The van der Waals surface area contributed by atoms with Crippen LogP contribution in [-0.2, 0) is 11.2 Å². The highest BCUT2D eigenvalue weighted by Gasteiger charge is 2.19. The molecule has 0 spiro atoms. The molecular formula is C14H18O2. The van der Waals surface area contributed by atoms with E-state index in [1.54, 1.807) is 0 Å². The second-order valence-corrected chi connectivity index (χ2v) is 3.95. The molecule has 0 saturated carbocycles. The minimum atomic E-state index is -0.0774. The Balaban J connectivity index is 2.24. The van der Waals surface area contributed by atoms with Crippen molar-refractivity contribution < 1.29 is 9.47 Å². The van der Waals surface area contributed by atoms with E-state index in [0.717, 1.165) is 37.2 Å². The third-order valence-electron chi connectivity index (χ3n) is 2.87. The number of aryl methyl sites for hydroxylation is 1. The molecule has 1 heterocycles. The maximum absolute atomic E-state index is 5.93. The van der Waals surface area contributed by atoms with E-state index in [1.165, 1.54) is 5.56 Å². The number of rotatable bonds is 4. The molecule has 1 aromatic rings. The van der Waals surface area contributed by atoms with Gasteiger partial charge in [0.05, 0.1) is 6.61 Å². The third-order valence-corrected chi connectivity index (χ3v) is 2.87. The second-order valence-electron chi connectivity index (χ2n) is 3.95. The van der Waals surface area contributed by atoms with Crippen LogP contribution >= 0.6 is 0 Å². The second kappa shape index (κ2) is 5.17. The molecule has 0 amide bonds. The molecule has 1 atom stereocenters. The minimum absolute atomic E-state index is 0.0774. The van der Waals surface area contributed by atoms with E-state index in [1.807, 2.05) is 18.2 Å². The van der Waals surface area contributed by atoms with Gasteiger partial charge in [-0.15, -0.1) is 0 Å². The van der Waals surface area contributed by atoms with Crippen molar-refractivity contribution in [2.75, 3.05) is 6.61 Å². The summed E-state index contributed by atoms with van der Waals surface area (Å²) in [6.07, 6.45) is 4.79. The molecule has 1 aliphatic heterocycles. The van der Waals surface area contributed by atoms with E-state index in [9.17, 15) is 0 Å². The Hall–Kier alpha value is -1.28. The summed E-state index contributed by atoms with van der Waals surface area (Å²) >= 11 is 0. The Morgan fingerprint density at radius 1 is 1.56 bits per heavy atom. The summed E-state index contributed by atoms with van der Waals surface area (Å²) in [6, 6.07) is 6.16. The van der Waals surface area contributed by atoms with E-state index >= 15 is 0 Å². The molecule has 1 aromatic carbocycles. The normalized spacial score (nSPS) is 19.7. The van der Waals surface area contributed by atoms with Gasteiger partial charge < -0.3 is 9.47 Å². The molecule has 0 radical (unpaired) electrons. The maximum Gasteiger partial charge on any atom is 0.199 e. The van der Waals surface area contributed by atoms with Crippen LogP contribution in [-0.4, -0.2) is 12.9 Å². The van der Waals surface area contributed by atoms with Crippen molar-refractivity contribution in [2.24, 2.45) is 0 Å². The molecular weight excluding hydrogens is 200 g/mol. The lowest BCUT2D eigenvalue weighted by atomic mass is 10.1. The van der Waals surface area contributed by atoms with Crippen LogP contribution in [0.2, 0.25) is 0 Å². The minimum Gasteiger partial charge on any atom is -0.464 e. The molecule has 16 heavy (non-hydrogen) atoms. The Kier molecular flexibility index (Phi) is 3.62. The van der Waals surface area contributed by atoms with Crippen molar-refractivity contribution >= 4 is 6.08 Å². The summed E-state index contributed by atoms with van der Waals surface area (Å²) < 4.78 is 11.4. The largest absolute Gasteiger partial charge is 0.464 e. The molecule has 2 rings (SSSR count). The van der Waals surface area contributed by atoms with Gasteiger partial charge >= 0.3 is 0 Å². The molecule has 0 aliphatic carbocycles. The van der Waals surface area contributed by atoms with Crippen molar-refractivity contribution in [2.45, 2.75) is 32.5 Å². The molecule has 1 saturated heterocycles. The van der Waals surface area contributed by atoms with Gasteiger partial charge in [-0.1, -0.05) is 37.8 Å². The van der Waals surface area contributed by atoms with Crippen LogP contribution in [0.4, 0.5) is 0 Å². The summed E-state index contributed by atoms with van der Waals surface area (Å²) in [5.41, 5.74) is 2.27. The number of para-hydroxylation sites is 1. The van der Waals surface area contributed by atoms with Crippen molar-refractivity contribution in [3.8, 4) is 5.75 Å². The highest BCUT2D eigenvalue weighted by Crippen LogP contribution is 2.28. The first kappa shape index (κ1) is 11.2. The van der Waals surface area contributed by atoms with E-state index in [-0.39, 0.29) is 6.29 Å². The highest BCUT2D eigenvalue weighted by molar-refractivity contribution is 5.58. The van der Waals surface area contributed by atoms with Gasteiger partial charge in [0.2, 0.25) is 0 Å². The lowest BCUT2D eigenvalue weighted by molar-refractivity contribution is -0.0396. The Morgan fingerprint density at radius 3 is 3.06 bits per heavy atom. The number of hydrogen-bond donors (Lipinski definition) is 0. The number of hydrogen-bond acceptors (Lipinski definition) is 2. The first-order valence-corrected chi connectivity index (χ1v) is 5.87. The summed E-state index contributed by atoms with van der Waals surface area (Å²) in [6.45, 7) is 6.76. The Morgan fingerprint density at radius 2 is 2.44 bits per heavy atom. The predicted octanol–water partition coefficient (Wildman–Crippen LogP) is 3.41. The van der Waals surface area contributed by atoms with Gasteiger partial charge in [0, 0.05) is 12.0 Å². The molecule has 1 unspecified atom stereocenters. The molecule has 0 N–H and O–H groups in total. The SMILES string of the molecule is C=Cc1cccc(CC)c1OC1CCCO1. The highest BCUT2D eigenvalue weighted by atomic mass is 16.7. The van der Waals surface area contributed by atoms with Gasteiger partial charge in [0.25, 0.3) is 0 Å². The smallest absolute Gasteiger partial charge is 0.199 e. The van der Waals surface area contributed by atoms with Gasteiger partial charge in [0.15, 0.2) is 6.29 Å². The molecule has 2 heteroatoms. The van der Waals surface area contributed by atoms with Gasteiger partial charge in [-0.3, -0.25) is 0 Å². The average Bonchev–Trinajstić information content (AvgIpc) is 2.82. The zero-order valence-electron chi connectivity index (χ0n) is 9.74. The first-order chi connectivity index (χ1) is 7.85. The third kappa shape index (κ3) is 2.27. The summed E-state index contributed by atoms with van der Waals surface area (Å²) in [5, 5.41) is 0. The molecule has 86 valence electrons. The van der Waals surface area contributed by atoms with Gasteiger partial charge in [0.1, 0.15) is 5.75 Å². The molecule has 2 nitrogen and oxygen atoms in total. The Bertz CT molecular complexity index is 365. The zero-order chi connectivity index (χ0) is 11.4.